The van der Waals surface area contributed by atoms with Crippen molar-refractivity contribution >= 4 is 11.6 Å². The zero-order valence-corrected chi connectivity index (χ0v) is 10.1. The SMILES string of the molecule is Clc1ccc(-c2cn[c]nc2C2CCC2)cc1. The topological polar surface area (TPSA) is 25.8 Å². The number of hydrogen-bond acceptors (Lipinski definition) is 2. The largest absolute Gasteiger partial charge is 0.233 e. The molecule has 1 saturated carbocycles. The molecule has 0 bridgehead atoms. The number of hydrogen-bond donors (Lipinski definition) is 0. The van der Waals surface area contributed by atoms with E-state index in [0.29, 0.717) is 5.92 Å². The van der Waals surface area contributed by atoms with E-state index in [1.165, 1.54) is 19.3 Å². The van der Waals surface area contributed by atoms with Gasteiger partial charge in [-0.15, -0.1) is 0 Å². The summed E-state index contributed by atoms with van der Waals surface area (Å²) in [5.41, 5.74) is 3.38. The van der Waals surface area contributed by atoms with Gasteiger partial charge in [-0.3, -0.25) is 0 Å². The Bertz CT molecular complexity index is 518. The Morgan fingerprint density at radius 2 is 1.94 bits per heavy atom. The Hall–Kier alpha value is -1.41. The first-order valence-electron chi connectivity index (χ1n) is 5.83. The standard InChI is InChI=1S/C14H12ClN2/c15-12-6-4-10(5-7-12)13-8-16-9-17-14(13)11-2-1-3-11/h4-8,11H,1-3H2. The first-order valence-corrected chi connectivity index (χ1v) is 6.21. The Labute approximate surface area is 106 Å². The Kier molecular flexibility index (Phi) is 2.81. The molecule has 0 N–H and O–H groups in total. The molecule has 0 saturated heterocycles. The molecule has 0 aliphatic heterocycles. The lowest BCUT2D eigenvalue weighted by atomic mass is 9.80. The normalized spacial score (nSPS) is 15.6. The van der Waals surface area contributed by atoms with E-state index in [1.54, 1.807) is 0 Å². The van der Waals surface area contributed by atoms with Crippen molar-refractivity contribution in [1.29, 1.82) is 0 Å². The zero-order chi connectivity index (χ0) is 11.7. The Morgan fingerprint density at radius 1 is 1.18 bits per heavy atom. The average Bonchev–Trinajstić information content (AvgIpc) is 2.29. The highest BCUT2D eigenvalue weighted by Gasteiger charge is 2.24. The molecule has 2 nitrogen and oxygen atoms in total. The molecule has 1 aliphatic carbocycles. The lowest BCUT2D eigenvalue weighted by molar-refractivity contribution is 0.411. The maximum Gasteiger partial charge on any atom is 0.197 e. The maximum absolute atomic E-state index is 5.90. The van der Waals surface area contributed by atoms with Gasteiger partial charge in [-0.2, -0.15) is 0 Å². The summed E-state index contributed by atoms with van der Waals surface area (Å²) in [6.07, 6.45) is 8.31. The lowest BCUT2D eigenvalue weighted by Crippen LogP contribution is -2.12. The number of rotatable bonds is 2. The van der Waals surface area contributed by atoms with Crippen molar-refractivity contribution in [3.8, 4) is 11.1 Å². The molecule has 85 valence electrons. The van der Waals surface area contributed by atoms with Crippen LogP contribution in [0.3, 0.4) is 0 Å². The molecule has 1 heterocycles. The van der Waals surface area contributed by atoms with Gasteiger partial charge in [0.2, 0.25) is 0 Å². The molecular formula is C14H12ClN2. The molecule has 1 fully saturated rings. The lowest BCUT2D eigenvalue weighted by Gasteiger charge is -2.26. The zero-order valence-electron chi connectivity index (χ0n) is 9.36. The molecule has 0 spiro atoms. The van der Waals surface area contributed by atoms with E-state index in [2.05, 4.69) is 16.3 Å². The van der Waals surface area contributed by atoms with Crippen LogP contribution in [0.1, 0.15) is 30.9 Å². The molecule has 1 aliphatic rings. The van der Waals surface area contributed by atoms with Crippen molar-refractivity contribution in [3.05, 3.63) is 47.5 Å². The van der Waals surface area contributed by atoms with Gasteiger partial charge in [-0.1, -0.05) is 30.2 Å². The first-order chi connectivity index (χ1) is 8.34. The third-order valence-corrected chi connectivity index (χ3v) is 3.60. The Morgan fingerprint density at radius 3 is 2.59 bits per heavy atom. The summed E-state index contributed by atoms with van der Waals surface area (Å²) < 4.78 is 0. The fourth-order valence-electron chi connectivity index (χ4n) is 2.15. The van der Waals surface area contributed by atoms with Crippen molar-refractivity contribution in [2.45, 2.75) is 25.2 Å². The predicted octanol–water partition coefficient (Wildman–Crippen LogP) is 3.86. The highest BCUT2D eigenvalue weighted by atomic mass is 35.5. The van der Waals surface area contributed by atoms with Gasteiger partial charge in [0.15, 0.2) is 6.33 Å². The maximum atomic E-state index is 5.90. The molecular weight excluding hydrogens is 232 g/mol. The van der Waals surface area contributed by atoms with E-state index in [0.717, 1.165) is 21.8 Å². The van der Waals surface area contributed by atoms with Gasteiger partial charge in [-0.25, -0.2) is 9.97 Å². The highest BCUT2D eigenvalue weighted by molar-refractivity contribution is 6.30. The molecule has 0 amide bonds. The number of aromatic nitrogens is 2. The van der Waals surface area contributed by atoms with Crippen LogP contribution in [0.4, 0.5) is 0 Å². The second kappa shape index (κ2) is 4.46. The summed E-state index contributed by atoms with van der Waals surface area (Å²) in [6.45, 7) is 0. The van der Waals surface area contributed by atoms with Crippen molar-refractivity contribution in [2.24, 2.45) is 0 Å². The van der Waals surface area contributed by atoms with Crippen LogP contribution in [-0.4, -0.2) is 9.97 Å². The van der Waals surface area contributed by atoms with E-state index in [1.807, 2.05) is 30.5 Å². The van der Waals surface area contributed by atoms with Crippen molar-refractivity contribution in [2.75, 3.05) is 0 Å². The second-order valence-electron chi connectivity index (χ2n) is 4.40. The number of benzene rings is 1. The smallest absolute Gasteiger partial charge is 0.197 e. The summed E-state index contributed by atoms with van der Waals surface area (Å²) in [7, 11) is 0. The second-order valence-corrected chi connectivity index (χ2v) is 4.84. The minimum Gasteiger partial charge on any atom is -0.233 e. The van der Waals surface area contributed by atoms with Crippen LogP contribution in [-0.2, 0) is 0 Å². The molecule has 3 heteroatoms. The summed E-state index contributed by atoms with van der Waals surface area (Å²) in [5.74, 6) is 0.583. The van der Waals surface area contributed by atoms with E-state index in [-0.39, 0.29) is 0 Å². The van der Waals surface area contributed by atoms with Gasteiger partial charge in [-0.05, 0) is 30.5 Å². The quantitative estimate of drug-likeness (QED) is 0.800. The molecule has 3 rings (SSSR count). The van der Waals surface area contributed by atoms with E-state index < -0.39 is 0 Å². The van der Waals surface area contributed by atoms with Gasteiger partial charge >= 0.3 is 0 Å². The van der Waals surface area contributed by atoms with Crippen LogP contribution in [0, 0.1) is 6.33 Å². The molecule has 17 heavy (non-hydrogen) atoms. The van der Waals surface area contributed by atoms with Crippen molar-refractivity contribution < 1.29 is 0 Å². The van der Waals surface area contributed by atoms with E-state index >= 15 is 0 Å². The molecule has 2 aromatic rings. The van der Waals surface area contributed by atoms with Crippen LogP contribution >= 0.6 is 11.6 Å². The number of nitrogens with zero attached hydrogens (tertiary/aromatic N) is 2. The van der Waals surface area contributed by atoms with E-state index in [9.17, 15) is 0 Å². The molecule has 1 aromatic heterocycles. The van der Waals surface area contributed by atoms with Crippen LogP contribution in [0.5, 0.6) is 0 Å². The van der Waals surface area contributed by atoms with Gasteiger partial charge in [0.05, 0.1) is 5.69 Å². The average molecular weight is 244 g/mol. The molecule has 0 atom stereocenters. The summed E-state index contributed by atoms with van der Waals surface area (Å²) in [5, 5.41) is 0.752. The summed E-state index contributed by atoms with van der Waals surface area (Å²) in [4.78, 5) is 8.35. The van der Waals surface area contributed by atoms with Gasteiger partial charge in [0.1, 0.15) is 0 Å². The minimum atomic E-state index is 0.583. The monoisotopic (exact) mass is 243 g/mol. The van der Waals surface area contributed by atoms with E-state index in [4.69, 9.17) is 11.6 Å². The van der Waals surface area contributed by atoms with Crippen molar-refractivity contribution in [1.82, 2.24) is 9.97 Å². The van der Waals surface area contributed by atoms with Crippen LogP contribution in [0.25, 0.3) is 11.1 Å². The summed E-state index contributed by atoms with van der Waals surface area (Å²) >= 11 is 5.90. The number of halogens is 1. The van der Waals surface area contributed by atoms with Gasteiger partial charge in [0, 0.05) is 22.7 Å². The molecule has 1 radical (unpaired) electrons. The van der Waals surface area contributed by atoms with Crippen LogP contribution < -0.4 is 0 Å². The van der Waals surface area contributed by atoms with Gasteiger partial charge in [0.25, 0.3) is 0 Å². The van der Waals surface area contributed by atoms with Crippen LogP contribution in [0.15, 0.2) is 30.5 Å². The van der Waals surface area contributed by atoms with Crippen molar-refractivity contribution in [3.63, 3.8) is 0 Å². The fraction of sp³-hybridized carbons (Fsp3) is 0.286. The summed E-state index contributed by atoms with van der Waals surface area (Å²) in [6, 6.07) is 7.84. The van der Waals surface area contributed by atoms with Crippen LogP contribution in [0.2, 0.25) is 5.02 Å². The molecule has 0 unspecified atom stereocenters. The van der Waals surface area contributed by atoms with Gasteiger partial charge < -0.3 is 0 Å². The minimum absolute atomic E-state index is 0.583. The molecule has 1 aromatic carbocycles. The highest BCUT2D eigenvalue weighted by Crippen LogP contribution is 2.39. The fourth-order valence-corrected chi connectivity index (χ4v) is 2.27. The first kappa shape index (κ1) is 10.7. The third-order valence-electron chi connectivity index (χ3n) is 3.34. The Balaban J connectivity index is 2.04. The predicted molar refractivity (Wildman–Crippen MR) is 67.9 cm³/mol. The third kappa shape index (κ3) is 2.05.